The van der Waals surface area contributed by atoms with E-state index in [0.717, 1.165) is 19.6 Å². The van der Waals surface area contributed by atoms with Crippen LogP contribution in [0.3, 0.4) is 0 Å². The standard InChI is InChI=1S/C12H18N2S/c1-10-9-14(8-7-13-10)11-3-5-12(15-2)6-4-11/h3-6,10,13H,7-9H2,1-2H3. The maximum absolute atomic E-state index is 3.46. The largest absolute Gasteiger partial charge is 0.369 e. The van der Waals surface area contributed by atoms with E-state index < -0.39 is 0 Å². The van der Waals surface area contributed by atoms with Crippen molar-refractivity contribution in [2.45, 2.75) is 17.9 Å². The van der Waals surface area contributed by atoms with Crippen molar-refractivity contribution in [3.05, 3.63) is 24.3 Å². The summed E-state index contributed by atoms with van der Waals surface area (Å²) in [6.07, 6.45) is 2.11. The van der Waals surface area contributed by atoms with Crippen molar-refractivity contribution in [2.75, 3.05) is 30.8 Å². The molecule has 1 heterocycles. The van der Waals surface area contributed by atoms with Gasteiger partial charge in [0.1, 0.15) is 0 Å². The summed E-state index contributed by atoms with van der Waals surface area (Å²) in [5.74, 6) is 0. The number of nitrogens with one attached hydrogen (secondary N) is 1. The average Bonchev–Trinajstić information content (AvgIpc) is 2.29. The molecule has 0 aromatic heterocycles. The molecule has 15 heavy (non-hydrogen) atoms. The number of hydrogen-bond acceptors (Lipinski definition) is 3. The van der Waals surface area contributed by atoms with E-state index in [0.29, 0.717) is 6.04 Å². The predicted octanol–water partition coefficient (Wildman–Crippen LogP) is 2.21. The van der Waals surface area contributed by atoms with Gasteiger partial charge in [-0.15, -0.1) is 11.8 Å². The van der Waals surface area contributed by atoms with Crippen molar-refractivity contribution < 1.29 is 0 Å². The average molecular weight is 222 g/mol. The molecule has 2 nitrogen and oxygen atoms in total. The molecule has 82 valence electrons. The fraction of sp³-hybridized carbons (Fsp3) is 0.500. The quantitative estimate of drug-likeness (QED) is 0.772. The Bertz CT molecular complexity index is 310. The second-order valence-electron chi connectivity index (χ2n) is 4.00. The van der Waals surface area contributed by atoms with E-state index in [4.69, 9.17) is 0 Å². The second kappa shape index (κ2) is 4.90. The van der Waals surface area contributed by atoms with Crippen LogP contribution in [-0.4, -0.2) is 31.9 Å². The van der Waals surface area contributed by atoms with E-state index in [1.54, 1.807) is 11.8 Å². The second-order valence-corrected chi connectivity index (χ2v) is 4.88. The third-order valence-corrected chi connectivity index (χ3v) is 3.55. The Hall–Kier alpha value is -0.670. The van der Waals surface area contributed by atoms with Crippen LogP contribution < -0.4 is 10.2 Å². The van der Waals surface area contributed by atoms with Crippen molar-refractivity contribution in [3.63, 3.8) is 0 Å². The fourth-order valence-corrected chi connectivity index (χ4v) is 2.37. The lowest BCUT2D eigenvalue weighted by molar-refractivity contribution is 0.485. The highest BCUT2D eigenvalue weighted by molar-refractivity contribution is 7.98. The van der Waals surface area contributed by atoms with Crippen LogP contribution in [0.5, 0.6) is 0 Å². The molecule has 1 aliphatic heterocycles. The van der Waals surface area contributed by atoms with Gasteiger partial charge in [0.2, 0.25) is 0 Å². The number of piperazine rings is 1. The zero-order valence-electron chi connectivity index (χ0n) is 9.36. The van der Waals surface area contributed by atoms with E-state index in [-0.39, 0.29) is 0 Å². The van der Waals surface area contributed by atoms with Crippen molar-refractivity contribution in [2.24, 2.45) is 0 Å². The predicted molar refractivity (Wildman–Crippen MR) is 67.9 cm³/mol. The van der Waals surface area contributed by atoms with Crippen LogP contribution >= 0.6 is 11.8 Å². The fourth-order valence-electron chi connectivity index (χ4n) is 1.96. The Labute approximate surface area is 96.0 Å². The number of nitrogens with zero attached hydrogens (tertiary/aromatic N) is 1. The monoisotopic (exact) mass is 222 g/mol. The molecule has 0 bridgehead atoms. The topological polar surface area (TPSA) is 15.3 Å². The van der Waals surface area contributed by atoms with E-state index in [2.05, 4.69) is 47.7 Å². The first-order valence-electron chi connectivity index (χ1n) is 5.42. The van der Waals surface area contributed by atoms with Crippen molar-refractivity contribution in [1.29, 1.82) is 0 Å². The minimum Gasteiger partial charge on any atom is -0.369 e. The Morgan fingerprint density at radius 2 is 2.07 bits per heavy atom. The van der Waals surface area contributed by atoms with Crippen LogP contribution in [0, 0.1) is 0 Å². The highest BCUT2D eigenvalue weighted by atomic mass is 32.2. The molecule has 1 aromatic rings. The number of anilines is 1. The number of rotatable bonds is 2. The molecule has 1 unspecified atom stereocenters. The van der Waals surface area contributed by atoms with Gasteiger partial charge in [-0.05, 0) is 37.4 Å². The van der Waals surface area contributed by atoms with Gasteiger partial charge in [0.15, 0.2) is 0 Å². The third-order valence-electron chi connectivity index (χ3n) is 2.81. The first-order chi connectivity index (χ1) is 7.29. The van der Waals surface area contributed by atoms with Crippen LogP contribution in [0.15, 0.2) is 29.2 Å². The van der Waals surface area contributed by atoms with Gasteiger partial charge in [-0.1, -0.05) is 0 Å². The van der Waals surface area contributed by atoms with Gasteiger partial charge < -0.3 is 10.2 Å². The van der Waals surface area contributed by atoms with E-state index >= 15 is 0 Å². The Morgan fingerprint density at radius 1 is 1.33 bits per heavy atom. The van der Waals surface area contributed by atoms with Crippen LogP contribution in [0.25, 0.3) is 0 Å². The highest BCUT2D eigenvalue weighted by Gasteiger charge is 2.15. The van der Waals surface area contributed by atoms with Crippen LogP contribution in [0.2, 0.25) is 0 Å². The van der Waals surface area contributed by atoms with Gasteiger partial charge in [-0.25, -0.2) is 0 Å². The molecular formula is C12H18N2S. The zero-order valence-corrected chi connectivity index (χ0v) is 10.2. The molecule has 0 spiro atoms. The van der Waals surface area contributed by atoms with Gasteiger partial charge in [-0.3, -0.25) is 0 Å². The van der Waals surface area contributed by atoms with Crippen molar-refractivity contribution in [3.8, 4) is 0 Å². The molecule has 1 aromatic carbocycles. The van der Waals surface area contributed by atoms with Crippen LogP contribution in [0.4, 0.5) is 5.69 Å². The van der Waals surface area contributed by atoms with Crippen molar-refractivity contribution >= 4 is 17.4 Å². The zero-order chi connectivity index (χ0) is 10.7. The SMILES string of the molecule is CSc1ccc(N2CCNC(C)C2)cc1. The van der Waals surface area contributed by atoms with Gasteiger partial charge in [0.05, 0.1) is 0 Å². The summed E-state index contributed by atoms with van der Waals surface area (Å²) in [5, 5.41) is 3.46. The summed E-state index contributed by atoms with van der Waals surface area (Å²) >= 11 is 1.79. The summed E-state index contributed by atoms with van der Waals surface area (Å²) < 4.78 is 0. The summed E-state index contributed by atoms with van der Waals surface area (Å²) in [6, 6.07) is 9.45. The maximum atomic E-state index is 3.46. The van der Waals surface area contributed by atoms with Gasteiger partial charge in [0, 0.05) is 36.3 Å². The smallest absolute Gasteiger partial charge is 0.0367 e. The van der Waals surface area contributed by atoms with E-state index in [1.165, 1.54) is 10.6 Å². The van der Waals surface area contributed by atoms with Gasteiger partial charge in [-0.2, -0.15) is 0 Å². The van der Waals surface area contributed by atoms with Gasteiger partial charge >= 0.3 is 0 Å². The Morgan fingerprint density at radius 3 is 2.67 bits per heavy atom. The molecule has 1 N–H and O–H groups in total. The number of thioether (sulfide) groups is 1. The Kier molecular flexibility index (Phi) is 3.54. The van der Waals surface area contributed by atoms with Gasteiger partial charge in [0.25, 0.3) is 0 Å². The molecule has 1 atom stereocenters. The lowest BCUT2D eigenvalue weighted by Gasteiger charge is -2.33. The minimum absolute atomic E-state index is 0.596. The molecule has 0 saturated carbocycles. The lowest BCUT2D eigenvalue weighted by Crippen LogP contribution is -2.49. The molecule has 0 aliphatic carbocycles. The van der Waals surface area contributed by atoms with Crippen LogP contribution in [-0.2, 0) is 0 Å². The molecule has 3 heteroatoms. The van der Waals surface area contributed by atoms with E-state index in [1.807, 2.05) is 0 Å². The molecule has 1 fully saturated rings. The molecule has 1 saturated heterocycles. The van der Waals surface area contributed by atoms with Crippen molar-refractivity contribution in [1.82, 2.24) is 5.32 Å². The first-order valence-corrected chi connectivity index (χ1v) is 6.64. The lowest BCUT2D eigenvalue weighted by atomic mass is 10.2. The third kappa shape index (κ3) is 2.67. The van der Waals surface area contributed by atoms with E-state index in [9.17, 15) is 0 Å². The molecule has 1 aliphatic rings. The highest BCUT2D eigenvalue weighted by Crippen LogP contribution is 2.21. The summed E-state index contributed by atoms with van der Waals surface area (Å²) in [5.41, 5.74) is 1.35. The normalized spacial score (nSPS) is 21.7. The molecule has 0 radical (unpaired) electrons. The summed E-state index contributed by atoms with van der Waals surface area (Å²) in [7, 11) is 0. The molecule has 2 rings (SSSR count). The first kappa shape index (κ1) is 10.8. The number of hydrogen-bond donors (Lipinski definition) is 1. The summed E-state index contributed by atoms with van der Waals surface area (Å²) in [6.45, 7) is 5.55. The minimum atomic E-state index is 0.596. The molecular weight excluding hydrogens is 204 g/mol. The summed E-state index contributed by atoms with van der Waals surface area (Å²) in [4.78, 5) is 3.78. The Balaban J connectivity index is 2.07. The maximum Gasteiger partial charge on any atom is 0.0367 e. The number of benzene rings is 1. The molecule has 0 amide bonds. The van der Waals surface area contributed by atoms with Crippen LogP contribution in [0.1, 0.15) is 6.92 Å².